The van der Waals surface area contributed by atoms with E-state index in [1.807, 2.05) is 0 Å². The summed E-state index contributed by atoms with van der Waals surface area (Å²) in [5, 5.41) is 1.23. The van der Waals surface area contributed by atoms with Crippen LogP contribution in [0.4, 0.5) is 0 Å². The quantitative estimate of drug-likeness (QED) is 0.672. The molecule has 1 aliphatic rings. The van der Waals surface area contributed by atoms with Crippen molar-refractivity contribution in [3.8, 4) is 5.75 Å². The second-order valence-electron chi connectivity index (χ2n) is 5.71. The monoisotopic (exact) mass is 351 g/mol. The molecule has 0 saturated carbocycles. The number of hydroxylamine groups is 2. The molecular weight excluding hydrogens is 338 g/mol. The van der Waals surface area contributed by atoms with Crippen LogP contribution in [0.5, 0.6) is 5.75 Å². The lowest BCUT2D eigenvalue weighted by molar-refractivity contribution is -0.167. The Hall–Kier alpha value is -3.61. The molecule has 0 bridgehead atoms. The van der Waals surface area contributed by atoms with E-state index in [9.17, 15) is 14.4 Å². The molecule has 0 saturated heterocycles. The van der Waals surface area contributed by atoms with E-state index in [-0.39, 0.29) is 17.5 Å². The number of ether oxygens (including phenoxy) is 1. The van der Waals surface area contributed by atoms with Crippen molar-refractivity contribution in [3.63, 3.8) is 0 Å². The number of benzene rings is 2. The van der Waals surface area contributed by atoms with Gasteiger partial charge in [-0.2, -0.15) is 0 Å². The van der Waals surface area contributed by atoms with Crippen LogP contribution in [-0.2, 0) is 16.1 Å². The van der Waals surface area contributed by atoms with Crippen LogP contribution < -0.4 is 4.74 Å². The first-order valence-corrected chi connectivity index (χ1v) is 7.81. The molecule has 1 aromatic heterocycles. The van der Waals surface area contributed by atoms with Gasteiger partial charge in [-0.25, -0.2) is 4.79 Å². The summed E-state index contributed by atoms with van der Waals surface area (Å²) in [4.78, 5) is 41.7. The van der Waals surface area contributed by atoms with Crippen molar-refractivity contribution >= 4 is 28.8 Å². The van der Waals surface area contributed by atoms with Crippen LogP contribution in [0.2, 0.25) is 0 Å². The predicted octanol–water partition coefficient (Wildman–Crippen LogP) is 2.74. The van der Waals surface area contributed by atoms with Gasteiger partial charge in [0.15, 0.2) is 0 Å². The van der Waals surface area contributed by atoms with Crippen LogP contribution in [0.3, 0.4) is 0 Å². The molecule has 1 aliphatic heterocycles. The molecule has 7 nitrogen and oxygen atoms in total. The number of hydrogen-bond acceptors (Lipinski definition) is 6. The number of fused-ring (bicyclic) bond motifs is 2. The minimum absolute atomic E-state index is 0.146. The first-order chi connectivity index (χ1) is 12.6. The zero-order chi connectivity index (χ0) is 18.3. The highest BCUT2D eigenvalue weighted by Gasteiger charge is 2.38. The zero-order valence-electron chi connectivity index (χ0n) is 13.7. The van der Waals surface area contributed by atoms with Crippen molar-refractivity contribution in [3.05, 3.63) is 65.4 Å². The van der Waals surface area contributed by atoms with E-state index in [2.05, 4.69) is 0 Å². The molecular formula is C19H13NO6. The molecule has 0 unspecified atom stereocenters. The minimum atomic E-state index is -0.738. The van der Waals surface area contributed by atoms with Gasteiger partial charge in [0, 0.05) is 17.0 Å². The summed E-state index contributed by atoms with van der Waals surface area (Å²) in [6.45, 7) is 0. The fourth-order valence-corrected chi connectivity index (χ4v) is 2.87. The van der Waals surface area contributed by atoms with Crippen LogP contribution >= 0.6 is 0 Å². The summed E-state index contributed by atoms with van der Waals surface area (Å²) in [6.07, 6.45) is 1.29. The van der Waals surface area contributed by atoms with Crippen molar-refractivity contribution in [2.45, 2.75) is 6.42 Å². The van der Waals surface area contributed by atoms with E-state index in [1.54, 1.807) is 37.4 Å². The molecule has 0 atom stereocenters. The van der Waals surface area contributed by atoms with Crippen LogP contribution in [0.15, 0.2) is 53.1 Å². The van der Waals surface area contributed by atoms with Crippen LogP contribution in [0.1, 0.15) is 26.3 Å². The first kappa shape index (κ1) is 15.9. The van der Waals surface area contributed by atoms with Gasteiger partial charge in [0.1, 0.15) is 11.3 Å². The number of nitrogens with zero attached hydrogens (tertiary/aromatic N) is 1. The molecule has 0 N–H and O–H groups in total. The third kappa shape index (κ3) is 2.50. The van der Waals surface area contributed by atoms with E-state index >= 15 is 0 Å². The zero-order valence-corrected chi connectivity index (χ0v) is 13.7. The number of methoxy groups -OCH3 is 1. The summed E-state index contributed by atoms with van der Waals surface area (Å²) in [5.41, 5.74) is 1.58. The van der Waals surface area contributed by atoms with Gasteiger partial charge in [0.05, 0.1) is 30.9 Å². The fraction of sp³-hybridized carbons (Fsp3) is 0.105. The third-order valence-corrected chi connectivity index (χ3v) is 4.15. The first-order valence-electron chi connectivity index (χ1n) is 7.81. The predicted molar refractivity (Wildman–Crippen MR) is 89.5 cm³/mol. The SMILES string of the molecule is COc1ccc2c(CC(=O)ON3C(=O)c4ccccc4C3=O)coc2c1. The van der Waals surface area contributed by atoms with Crippen molar-refractivity contribution in [1.29, 1.82) is 0 Å². The van der Waals surface area contributed by atoms with E-state index < -0.39 is 17.8 Å². The number of amides is 2. The molecule has 4 rings (SSSR count). The average Bonchev–Trinajstić information content (AvgIpc) is 3.16. The lowest BCUT2D eigenvalue weighted by Gasteiger charge is -2.12. The topological polar surface area (TPSA) is 86.0 Å². The molecule has 2 heterocycles. The van der Waals surface area contributed by atoms with Crippen molar-refractivity contribution in [2.75, 3.05) is 7.11 Å². The molecule has 0 fully saturated rings. The van der Waals surface area contributed by atoms with E-state index in [4.69, 9.17) is 14.0 Å². The second-order valence-corrected chi connectivity index (χ2v) is 5.71. The molecule has 3 aromatic rings. The lowest BCUT2D eigenvalue weighted by atomic mass is 10.1. The highest BCUT2D eigenvalue weighted by Crippen LogP contribution is 2.27. The normalized spacial score (nSPS) is 13.2. The van der Waals surface area contributed by atoms with E-state index in [1.165, 1.54) is 18.4 Å². The molecule has 26 heavy (non-hydrogen) atoms. The standard InChI is InChI=1S/C19H13NO6/c1-24-12-6-7-13-11(10-25-16(13)9-12)8-17(21)26-20-18(22)14-4-2-3-5-15(14)19(20)23/h2-7,9-10H,8H2,1H3. The van der Waals surface area contributed by atoms with Gasteiger partial charge < -0.3 is 14.0 Å². The Kier molecular flexibility index (Phi) is 3.69. The lowest BCUT2D eigenvalue weighted by Crippen LogP contribution is -2.33. The van der Waals surface area contributed by atoms with Crippen molar-refractivity contribution < 1.29 is 28.4 Å². The fourth-order valence-electron chi connectivity index (χ4n) is 2.87. The Morgan fingerprint density at radius 2 is 1.77 bits per heavy atom. The van der Waals surface area contributed by atoms with E-state index in [0.29, 0.717) is 22.0 Å². The van der Waals surface area contributed by atoms with Gasteiger partial charge in [-0.15, -0.1) is 0 Å². The van der Waals surface area contributed by atoms with Gasteiger partial charge in [-0.3, -0.25) is 9.59 Å². The third-order valence-electron chi connectivity index (χ3n) is 4.15. The summed E-state index contributed by atoms with van der Waals surface area (Å²) >= 11 is 0. The number of carbonyl (C=O) groups excluding carboxylic acids is 3. The van der Waals surface area contributed by atoms with Crippen LogP contribution in [0, 0.1) is 0 Å². The van der Waals surface area contributed by atoms with Gasteiger partial charge in [-0.05, 0) is 24.3 Å². The number of hydrogen-bond donors (Lipinski definition) is 0. The van der Waals surface area contributed by atoms with Crippen LogP contribution in [0.25, 0.3) is 11.0 Å². The highest BCUT2D eigenvalue weighted by atomic mass is 16.7. The van der Waals surface area contributed by atoms with Crippen molar-refractivity contribution in [2.24, 2.45) is 0 Å². The van der Waals surface area contributed by atoms with Crippen LogP contribution in [-0.4, -0.2) is 30.0 Å². The Morgan fingerprint density at radius 3 is 2.42 bits per heavy atom. The molecule has 2 aromatic carbocycles. The van der Waals surface area contributed by atoms with E-state index in [0.717, 1.165) is 5.39 Å². The largest absolute Gasteiger partial charge is 0.497 e. The van der Waals surface area contributed by atoms with Gasteiger partial charge in [0.25, 0.3) is 11.8 Å². The maximum atomic E-state index is 12.2. The minimum Gasteiger partial charge on any atom is -0.497 e. The maximum Gasteiger partial charge on any atom is 0.337 e. The maximum absolute atomic E-state index is 12.2. The molecule has 7 heteroatoms. The Labute approximate surface area is 147 Å². The Bertz CT molecular complexity index is 1020. The molecule has 2 amide bonds. The molecule has 130 valence electrons. The van der Waals surface area contributed by atoms with Gasteiger partial charge >= 0.3 is 5.97 Å². The van der Waals surface area contributed by atoms with Gasteiger partial charge in [-0.1, -0.05) is 17.2 Å². The summed E-state index contributed by atoms with van der Waals surface area (Å²) in [7, 11) is 1.55. The average molecular weight is 351 g/mol. The Balaban J connectivity index is 1.52. The number of imide groups is 1. The summed E-state index contributed by atoms with van der Waals surface area (Å²) in [5.74, 6) is -1.41. The van der Waals surface area contributed by atoms with Crippen molar-refractivity contribution in [1.82, 2.24) is 5.06 Å². The second kappa shape index (κ2) is 6.03. The van der Waals surface area contributed by atoms with Gasteiger partial charge in [0.2, 0.25) is 0 Å². The Morgan fingerprint density at radius 1 is 1.08 bits per heavy atom. The summed E-state index contributed by atoms with van der Waals surface area (Å²) in [6, 6.07) is 11.5. The number of furan rings is 1. The summed E-state index contributed by atoms with van der Waals surface area (Å²) < 4.78 is 10.5. The molecule has 0 spiro atoms. The number of carbonyl (C=O) groups is 3. The molecule has 0 radical (unpaired) electrons. The number of rotatable bonds is 4. The highest BCUT2D eigenvalue weighted by molar-refractivity contribution is 6.20. The molecule has 0 aliphatic carbocycles. The smallest absolute Gasteiger partial charge is 0.337 e.